The van der Waals surface area contributed by atoms with Crippen molar-refractivity contribution >= 4 is 23.1 Å². The zero-order valence-electron chi connectivity index (χ0n) is 17.0. The van der Waals surface area contributed by atoms with E-state index >= 15 is 0 Å². The number of nitrogens with zero attached hydrogens (tertiary/aromatic N) is 1. The number of imide groups is 1. The monoisotopic (exact) mass is 416 g/mol. The maximum atomic E-state index is 13.7. The Morgan fingerprint density at radius 1 is 0.903 bits per heavy atom. The first-order valence-electron chi connectivity index (χ1n) is 9.97. The van der Waals surface area contributed by atoms with E-state index in [1.807, 2.05) is 37.3 Å². The van der Waals surface area contributed by atoms with Gasteiger partial charge < -0.3 is 10.1 Å². The molecular formula is C25H21FN2O3. The number of benzene rings is 3. The van der Waals surface area contributed by atoms with Gasteiger partial charge in [0, 0.05) is 5.69 Å². The number of carbonyl (C=O) groups is 2. The van der Waals surface area contributed by atoms with Gasteiger partial charge in [0.05, 0.1) is 18.7 Å². The summed E-state index contributed by atoms with van der Waals surface area (Å²) >= 11 is 0. The lowest BCUT2D eigenvalue weighted by Gasteiger charge is -2.15. The minimum Gasteiger partial charge on any atom is -0.494 e. The topological polar surface area (TPSA) is 58.6 Å². The first-order valence-corrected chi connectivity index (χ1v) is 9.97. The van der Waals surface area contributed by atoms with Gasteiger partial charge in [0.25, 0.3) is 11.8 Å². The van der Waals surface area contributed by atoms with Gasteiger partial charge in [0.2, 0.25) is 0 Å². The molecule has 3 aromatic rings. The molecule has 0 bridgehead atoms. The van der Waals surface area contributed by atoms with Crippen molar-refractivity contribution in [3.05, 3.63) is 102 Å². The number of rotatable bonds is 7. The van der Waals surface area contributed by atoms with Gasteiger partial charge in [-0.2, -0.15) is 0 Å². The van der Waals surface area contributed by atoms with E-state index in [1.165, 1.54) is 23.1 Å². The van der Waals surface area contributed by atoms with Crippen LogP contribution < -0.4 is 10.1 Å². The smallest absolute Gasteiger partial charge is 0.278 e. The van der Waals surface area contributed by atoms with Gasteiger partial charge in [0.15, 0.2) is 0 Å². The number of nitrogens with one attached hydrogen (secondary N) is 1. The van der Waals surface area contributed by atoms with Crippen LogP contribution in [-0.2, 0) is 16.1 Å². The molecule has 0 unspecified atom stereocenters. The number of hydrogen-bond donors (Lipinski definition) is 1. The summed E-state index contributed by atoms with van der Waals surface area (Å²) in [6.07, 6.45) is 0. The average molecular weight is 416 g/mol. The van der Waals surface area contributed by atoms with E-state index in [0.717, 1.165) is 5.56 Å². The molecule has 3 aromatic carbocycles. The van der Waals surface area contributed by atoms with E-state index in [-0.39, 0.29) is 17.8 Å². The molecule has 0 fully saturated rings. The summed E-state index contributed by atoms with van der Waals surface area (Å²) in [6, 6.07) is 22.1. The lowest BCUT2D eigenvalue weighted by molar-refractivity contribution is -0.137. The van der Waals surface area contributed by atoms with Crippen LogP contribution in [0, 0.1) is 5.82 Å². The maximum absolute atomic E-state index is 13.7. The number of ether oxygens (including phenoxy) is 1. The van der Waals surface area contributed by atoms with E-state index in [1.54, 1.807) is 30.3 Å². The zero-order valence-corrected chi connectivity index (χ0v) is 17.0. The van der Waals surface area contributed by atoms with E-state index < -0.39 is 17.6 Å². The second-order valence-corrected chi connectivity index (χ2v) is 7.02. The van der Waals surface area contributed by atoms with Gasteiger partial charge in [0.1, 0.15) is 17.3 Å². The average Bonchev–Trinajstić information content (AvgIpc) is 3.00. The molecule has 0 aliphatic carbocycles. The van der Waals surface area contributed by atoms with E-state index in [9.17, 15) is 14.0 Å². The summed E-state index contributed by atoms with van der Waals surface area (Å²) in [7, 11) is 0. The molecule has 0 saturated carbocycles. The maximum Gasteiger partial charge on any atom is 0.278 e. The molecule has 156 valence electrons. The fourth-order valence-corrected chi connectivity index (χ4v) is 3.46. The van der Waals surface area contributed by atoms with Gasteiger partial charge >= 0.3 is 0 Å². The highest BCUT2D eigenvalue weighted by Crippen LogP contribution is 2.32. The molecule has 1 N–H and O–H groups in total. The summed E-state index contributed by atoms with van der Waals surface area (Å²) in [5.74, 6) is -0.630. The normalized spacial score (nSPS) is 13.7. The molecule has 6 heteroatoms. The largest absolute Gasteiger partial charge is 0.494 e. The van der Waals surface area contributed by atoms with E-state index in [0.29, 0.717) is 23.6 Å². The van der Waals surface area contributed by atoms with Crippen LogP contribution in [0.3, 0.4) is 0 Å². The fraction of sp³-hybridized carbons (Fsp3) is 0.120. The van der Waals surface area contributed by atoms with Crippen molar-refractivity contribution in [2.45, 2.75) is 13.5 Å². The highest BCUT2D eigenvalue weighted by atomic mass is 19.1. The van der Waals surface area contributed by atoms with Crippen LogP contribution in [0.1, 0.15) is 18.1 Å². The molecular weight excluding hydrogens is 395 g/mol. The first-order chi connectivity index (χ1) is 15.1. The lowest BCUT2D eigenvalue weighted by Crippen LogP contribution is -2.31. The van der Waals surface area contributed by atoms with Gasteiger partial charge in [-0.25, -0.2) is 4.39 Å². The molecule has 1 aliphatic heterocycles. The molecule has 0 radical (unpaired) electrons. The summed E-state index contributed by atoms with van der Waals surface area (Å²) in [6.45, 7) is 2.56. The van der Waals surface area contributed by atoms with Crippen molar-refractivity contribution in [2.75, 3.05) is 11.9 Å². The second kappa shape index (κ2) is 8.83. The number of hydrogen-bond acceptors (Lipinski definition) is 4. The van der Waals surface area contributed by atoms with Gasteiger partial charge in [-0.05, 0) is 48.4 Å². The molecule has 1 aliphatic rings. The highest BCUT2D eigenvalue weighted by molar-refractivity contribution is 6.36. The Morgan fingerprint density at radius 2 is 1.65 bits per heavy atom. The Kier molecular flexibility index (Phi) is 5.80. The van der Waals surface area contributed by atoms with E-state index in [4.69, 9.17) is 4.74 Å². The van der Waals surface area contributed by atoms with Crippen molar-refractivity contribution in [1.82, 2.24) is 4.90 Å². The molecule has 0 saturated heterocycles. The SMILES string of the molecule is CCOc1ccc(C2=C(Nc3cccc(F)c3)C(=O)N(Cc3ccccc3)C2=O)cc1. The molecule has 0 spiro atoms. The lowest BCUT2D eigenvalue weighted by atomic mass is 10.0. The summed E-state index contributed by atoms with van der Waals surface area (Å²) in [4.78, 5) is 27.7. The van der Waals surface area contributed by atoms with Crippen LogP contribution in [0.5, 0.6) is 5.75 Å². The molecule has 2 amide bonds. The number of amides is 2. The number of halogens is 1. The number of carbonyl (C=O) groups excluding carboxylic acids is 2. The first kappa shape index (κ1) is 20.3. The Hall–Kier alpha value is -3.93. The molecule has 5 nitrogen and oxygen atoms in total. The molecule has 0 atom stereocenters. The molecule has 31 heavy (non-hydrogen) atoms. The minimum atomic E-state index is -0.456. The van der Waals surface area contributed by atoms with Crippen LogP contribution >= 0.6 is 0 Å². The van der Waals surface area contributed by atoms with Crippen LogP contribution in [0.15, 0.2) is 84.6 Å². The van der Waals surface area contributed by atoms with E-state index in [2.05, 4.69) is 5.32 Å². The van der Waals surface area contributed by atoms with Gasteiger partial charge in [-0.1, -0.05) is 48.5 Å². The van der Waals surface area contributed by atoms with Crippen molar-refractivity contribution in [2.24, 2.45) is 0 Å². The third kappa shape index (κ3) is 4.33. The predicted molar refractivity (Wildman–Crippen MR) is 117 cm³/mol. The Bertz CT molecular complexity index is 1140. The van der Waals surface area contributed by atoms with Crippen LogP contribution in [-0.4, -0.2) is 23.3 Å². The van der Waals surface area contributed by atoms with Crippen LogP contribution in [0.25, 0.3) is 5.57 Å². The van der Waals surface area contributed by atoms with Crippen molar-refractivity contribution in [3.8, 4) is 5.75 Å². The summed E-state index contributed by atoms with van der Waals surface area (Å²) < 4.78 is 19.2. The highest BCUT2D eigenvalue weighted by Gasteiger charge is 2.39. The summed E-state index contributed by atoms with van der Waals surface area (Å²) in [5.41, 5.74) is 2.17. The number of anilines is 1. The van der Waals surface area contributed by atoms with Crippen molar-refractivity contribution < 1.29 is 18.7 Å². The Labute approximate surface area is 179 Å². The molecule has 1 heterocycles. The van der Waals surface area contributed by atoms with Crippen molar-refractivity contribution in [1.29, 1.82) is 0 Å². The van der Waals surface area contributed by atoms with Gasteiger partial charge in [-0.15, -0.1) is 0 Å². The van der Waals surface area contributed by atoms with Crippen molar-refractivity contribution in [3.63, 3.8) is 0 Å². The van der Waals surface area contributed by atoms with Crippen LogP contribution in [0.2, 0.25) is 0 Å². The summed E-state index contributed by atoms with van der Waals surface area (Å²) in [5, 5.41) is 2.96. The van der Waals surface area contributed by atoms with Gasteiger partial charge in [-0.3, -0.25) is 14.5 Å². The van der Waals surface area contributed by atoms with Crippen LogP contribution in [0.4, 0.5) is 10.1 Å². The second-order valence-electron chi connectivity index (χ2n) is 7.02. The fourth-order valence-electron chi connectivity index (χ4n) is 3.46. The Balaban J connectivity index is 1.73. The standard InChI is InChI=1S/C25H21FN2O3/c1-2-31-21-13-11-18(12-14-21)22-23(27-20-10-6-9-19(26)15-20)25(30)28(24(22)29)16-17-7-4-3-5-8-17/h3-15,27H,2,16H2,1H3. The minimum absolute atomic E-state index is 0.121. The third-order valence-corrected chi connectivity index (χ3v) is 4.90. The molecule has 0 aromatic heterocycles. The quantitative estimate of drug-likeness (QED) is 0.571. The predicted octanol–water partition coefficient (Wildman–Crippen LogP) is 4.62. The Morgan fingerprint density at radius 3 is 2.32 bits per heavy atom. The molecule has 4 rings (SSSR count). The zero-order chi connectivity index (χ0) is 21.8. The third-order valence-electron chi connectivity index (χ3n) is 4.90.